The van der Waals surface area contributed by atoms with E-state index in [1.165, 1.54) is 27.0 Å². The number of hydrogen-bond acceptors (Lipinski definition) is 3. The number of nitrogens with two attached hydrogens (primary N) is 1. The summed E-state index contributed by atoms with van der Waals surface area (Å²) in [5.74, 6) is -3.63. The van der Waals surface area contributed by atoms with Crippen molar-refractivity contribution in [3.05, 3.63) is 34.9 Å². The molecule has 1 aromatic rings. The van der Waals surface area contributed by atoms with E-state index in [0.29, 0.717) is 0 Å². The van der Waals surface area contributed by atoms with Crippen molar-refractivity contribution in [2.24, 2.45) is 5.73 Å². The second-order valence-corrected chi connectivity index (χ2v) is 4.62. The third-order valence-corrected chi connectivity index (χ3v) is 3.17. The Labute approximate surface area is 121 Å². The number of hydrogen-bond donors (Lipinski definition) is 1. The quantitative estimate of drug-likeness (QED) is 0.859. The maximum atomic E-state index is 14.0. The Morgan fingerprint density at radius 3 is 2.52 bits per heavy atom. The Hall–Kier alpha value is -2.02. The standard InChI is InChI=1S/C14H18F2N2O3/c1-8-4-5-10(15)11(12(8)16)14(20)18(6-7-21-3)9(2)13(17)19/h4-5,9H,6-7H2,1-3H3,(H2,17,19)/t9-/m1/s1. The van der Waals surface area contributed by atoms with Crippen molar-refractivity contribution in [1.29, 1.82) is 0 Å². The van der Waals surface area contributed by atoms with E-state index >= 15 is 0 Å². The molecule has 0 aromatic heterocycles. The van der Waals surface area contributed by atoms with Gasteiger partial charge in [0.2, 0.25) is 5.91 Å². The molecular weight excluding hydrogens is 282 g/mol. The molecule has 0 aliphatic heterocycles. The van der Waals surface area contributed by atoms with Crippen LogP contribution in [0.3, 0.4) is 0 Å². The smallest absolute Gasteiger partial charge is 0.260 e. The van der Waals surface area contributed by atoms with E-state index in [2.05, 4.69) is 0 Å². The molecule has 0 saturated carbocycles. The lowest BCUT2D eigenvalue weighted by molar-refractivity contribution is -0.122. The fourth-order valence-corrected chi connectivity index (χ4v) is 1.81. The van der Waals surface area contributed by atoms with Crippen LogP contribution in [0.5, 0.6) is 0 Å². The summed E-state index contributed by atoms with van der Waals surface area (Å²) in [6.45, 7) is 2.91. The molecule has 0 fully saturated rings. The van der Waals surface area contributed by atoms with Gasteiger partial charge < -0.3 is 15.4 Å². The average Bonchev–Trinajstić information content (AvgIpc) is 2.43. The highest BCUT2D eigenvalue weighted by Crippen LogP contribution is 2.19. The molecule has 116 valence electrons. The van der Waals surface area contributed by atoms with Gasteiger partial charge in [0.15, 0.2) is 0 Å². The zero-order chi connectivity index (χ0) is 16.2. The molecule has 0 radical (unpaired) electrons. The SMILES string of the molecule is COCCN(C(=O)c1c(F)ccc(C)c1F)[C@H](C)C(N)=O. The lowest BCUT2D eigenvalue weighted by atomic mass is 10.1. The zero-order valence-corrected chi connectivity index (χ0v) is 12.2. The molecule has 0 aliphatic carbocycles. The minimum absolute atomic E-state index is 0.00768. The van der Waals surface area contributed by atoms with Gasteiger partial charge in [-0.25, -0.2) is 8.78 Å². The zero-order valence-electron chi connectivity index (χ0n) is 12.2. The van der Waals surface area contributed by atoms with Crippen LogP contribution in [0.15, 0.2) is 12.1 Å². The molecule has 2 amide bonds. The van der Waals surface area contributed by atoms with Crippen LogP contribution < -0.4 is 5.73 Å². The number of ether oxygens (including phenoxy) is 1. The highest BCUT2D eigenvalue weighted by molar-refractivity contribution is 5.97. The summed E-state index contributed by atoms with van der Waals surface area (Å²) in [4.78, 5) is 24.6. The van der Waals surface area contributed by atoms with Crippen molar-refractivity contribution < 1.29 is 23.1 Å². The predicted molar refractivity (Wildman–Crippen MR) is 72.7 cm³/mol. The summed E-state index contributed by atoms with van der Waals surface area (Å²) < 4.78 is 32.7. The molecule has 7 heteroatoms. The molecule has 2 N–H and O–H groups in total. The van der Waals surface area contributed by atoms with Gasteiger partial charge >= 0.3 is 0 Å². The van der Waals surface area contributed by atoms with Crippen molar-refractivity contribution in [3.63, 3.8) is 0 Å². The van der Waals surface area contributed by atoms with E-state index in [9.17, 15) is 18.4 Å². The first-order valence-electron chi connectivity index (χ1n) is 6.35. The lowest BCUT2D eigenvalue weighted by Gasteiger charge is -2.27. The van der Waals surface area contributed by atoms with Crippen LogP contribution >= 0.6 is 0 Å². The molecule has 0 aliphatic rings. The Kier molecular flexibility index (Phi) is 5.78. The molecule has 0 heterocycles. The third kappa shape index (κ3) is 3.75. The van der Waals surface area contributed by atoms with E-state index in [-0.39, 0.29) is 18.7 Å². The van der Waals surface area contributed by atoms with Crippen molar-refractivity contribution in [2.45, 2.75) is 19.9 Å². The number of carbonyl (C=O) groups is 2. The third-order valence-electron chi connectivity index (χ3n) is 3.17. The Morgan fingerprint density at radius 1 is 1.38 bits per heavy atom. The van der Waals surface area contributed by atoms with E-state index in [4.69, 9.17) is 10.5 Å². The largest absolute Gasteiger partial charge is 0.383 e. The van der Waals surface area contributed by atoms with Gasteiger partial charge in [-0.05, 0) is 25.5 Å². The van der Waals surface area contributed by atoms with Crippen LogP contribution in [0.2, 0.25) is 0 Å². The van der Waals surface area contributed by atoms with Crippen LogP contribution in [0, 0.1) is 18.6 Å². The topological polar surface area (TPSA) is 72.6 Å². The number of carbonyl (C=O) groups excluding carboxylic acids is 2. The number of nitrogens with zero attached hydrogens (tertiary/aromatic N) is 1. The number of aryl methyl sites for hydroxylation is 1. The predicted octanol–water partition coefficient (Wildman–Crippen LogP) is 1.24. The molecular formula is C14H18F2N2O3. The minimum Gasteiger partial charge on any atom is -0.383 e. The van der Waals surface area contributed by atoms with Gasteiger partial charge in [0.25, 0.3) is 5.91 Å². The molecule has 21 heavy (non-hydrogen) atoms. The van der Waals surface area contributed by atoms with E-state index in [1.807, 2.05) is 0 Å². The normalized spacial score (nSPS) is 12.0. The average molecular weight is 300 g/mol. The van der Waals surface area contributed by atoms with Crippen molar-refractivity contribution >= 4 is 11.8 Å². The molecule has 1 aromatic carbocycles. The van der Waals surface area contributed by atoms with Crippen LogP contribution in [-0.4, -0.2) is 43.0 Å². The second kappa shape index (κ2) is 7.12. The number of primary amides is 1. The van der Waals surface area contributed by atoms with Gasteiger partial charge in [-0.1, -0.05) is 6.07 Å². The number of benzene rings is 1. The van der Waals surface area contributed by atoms with E-state index in [0.717, 1.165) is 11.0 Å². The molecule has 5 nitrogen and oxygen atoms in total. The van der Waals surface area contributed by atoms with Gasteiger partial charge in [0.05, 0.1) is 6.61 Å². The van der Waals surface area contributed by atoms with Crippen molar-refractivity contribution in [1.82, 2.24) is 4.90 Å². The first-order valence-corrected chi connectivity index (χ1v) is 6.35. The fourth-order valence-electron chi connectivity index (χ4n) is 1.81. The van der Waals surface area contributed by atoms with Crippen molar-refractivity contribution in [2.75, 3.05) is 20.3 Å². The molecule has 1 atom stereocenters. The van der Waals surface area contributed by atoms with Crippen LogP contribution in [0.25, 0.3) is 0 Å². The minimum atomic E-state index is -1.01. The summed E-state index contributed by atoms with van der Waals surface area (Å²) in [7, 11) is 1.41. The summed E-state index contributed by atoms with van der Waals surface area (Å²) >= 11 is 0. The van der Waals surface area contributed by atoms with Gasteiger partial charge in [0.1, 0.15) is 23.2 Å². The number of rotatable bonds is 6. The monoisotopic (exact) mass is 300 g/mol. The highest BCUT2D eigenvalue weighted by Gasteiger charge is 2.29. The summed E-state index contributed by atoms with van der Waals surface area (Å²) in [5, 5.41) is 0. The van der Waals surface area contributed by atoms with Gasteiger partial charge in [-0.3, -0.25) is 9.59 Å². The van der Waals surface area contributed by atoms with Crippen LogP contribution in [0.1, 0.15) is 22.8 Å². The number of halogens is 2. The Balaban J connectivity index is 3.22. The summed E-state index contributed by atoms with van der Waals surface area (Å²) in [6.07, 6.45) is 0. The molecule has 1 rings (SSSR count). The highest BCUT2D eigenvalue weighted by atomic mass is 19.1. The fraction of sp³-hybridized carbons (Fsp3) is 0.429. The number of methoxy groups -OCH3 is 1. The van der Waals surface area contributed by atoms with Crippen molar-refractivity contribution in [3.8, 4) is 0 Å². The summed E-state index contributed by atoms with van der Waals surface area (Å²) in [6, 6.07) is 1.24. The molecule has 0 bridgehead atoms. The van der Waals surface area contributed by atoms with Gasteiger partial charge in [0, 0.05) is 13.7 Å². The molecule has 0 saturated heterocycles. The van der Waals surface area contributed by atoms with Gasteiger partial charge in [-0.2, -0.15) is 0 Å². The van der Waals surface area contributed by atoms with Crippen LogP contribution in [-0.2, 0) is 9.53 Å². The first-order chi connectivity index (χ1) is 9.81. The second-order valence-electron chi connectivity index (χ2n) is 4.62. The lowest BCUT2D eigenvalue weighted by Crippen LogP contribution is -2.48. The molecule has 0 spiro atoms. The van der Waals surface area contributed by atoms with Gasteiger partial charge in [-0.15, -0.1) is 0 Å². The number of amides is 2. The Bertz CT molecular complexity index is 549. The van der Waals surface area contributed by atoms with E-state index in [1.54, 1.807) is 0 Å². The maximum absolute atomic E-state index is 14.0. The van der Waals surface area contributed by atoms with Crippen LogP contribution in [0.4, 0.5) is 8.78 Å². The maximum Gasteiger partial charge on any atom is 0.260 e. The molecule has 0 unspecified atom stereocenters. The van der Waals surface area contributed by atoms with E-state index < -0.39 is 35.1 Å². The Morgan fingerprint density at radius 2 is 2.00 bits per heavy atom. The first kappa shape index (κ1) is 17.0. The summed E-state index contributed by atoms with van der Waals surface area (Å²) in [5.41, 5.74) is 4.61.